The van der Waals surface area contributed by atoms with Crippen LogP contribution in [0.25, 0.3) is 10.2 Å². The van der Waals surface area contributed by atoms with Crippen molar-refractivity contribution in [2.24, 2.45) is 5.73 Å². The fourth-order valence-electron chi connectivity index (χ4n) is 1.81. The predicted molar refractivity (Wildman–Crippen MR) is 80.6 cm³/mol. The first kappa shape index (κ1) is 12.6. The minimum absolute atomic E-state index is 0.0226. The number of para-hydroxylation sites is 1. The molecule has 0 amide bonds. The molecule has 5 heteroatoms. The molecule has 2 aromatic heterocycles. The average Bonchev–Trinajstić information content (AvgIpc) is 2.81. The Balaban J connectivity index is 1.97. The molecule has 19 heavy (non-hydrogen) atoms. The fourth-order valence-corrected chi connectivity index (χ4v) is 3.98. The monoisotopic (exact) mass is 287 g/mol. The molecule has 0 unspecified atom stereocenters. The summed E-state index contributed by atoms with van der Waals surface area (Å²) >= 11 is 3.27. The maximum absolute atomic E-state index is 5.97. The quantitative estimate of drug-likeness (QED) is 0.794. The summed E-state index contributed by atoms with van der Waals surface area (Å²) in [5.41, 5.74) is 8.07. The second-order valence-corrected chi connectivity index (χ2v) is 6.50. The summed E-state index contributed by atoms with van der Waals surface area (Å²) in [6, 6.07) is 12.1. The number of nitrogens with two attached hydrogens (primary N) is 1. The van der Waals surface area contributed by atoms with Gasteiger partial charge in [0.1, 0.15) is 5.03 Å². The molecular formula is C14H13N3S2. The molecule has 0 bridgehead atoms. The van der Waals surface area contributed by atoms with Crippen molar-refractivity contribution >= 4 is 33.3 Å². The van der Waals surface area contributed by atoms with Gasteiger partial charge < -0.3 is 5.73 Å². The highest BCUT2D eigenvalue weighted by atomic mass is 32.2. The molecule has 3 aromatic rings. The molecule has 0 spiro atoms. The van der Waals surface area contributed by atoms with Crippen molar-refractivity contribution in [1.82, 2.24) is 9.97 Å². The lowest BCUT2D eigenvalue weighted by Crippen LogP contribution is -2.06. The highest BCUT2D eigenvalue weighted by Gasteiger charge is 2.11. The minimum Gasteiger partial charge on any atom is -0.324 e. The molecule has 1 aromatic carbocycles. The van der Waals surface area contributed by atoms with Gasteiger partial charge in [-0.1, -0.05) is 18.2 Å². The van der Waals surface area contributed by atoms with E-state index in [1.54, 1.807) is 29.3 Å². The van der Waals surface area contributed by atoms with E-state index < -0.39 is 0 Å². The van der Waals surface area contributed by atoms with Crippen molar-refractivity contribution in [3.63, 3.8) is 0 Å². The second kappa shape index (κ2) is 5.28. The summed E-state index contributed by atoms with van der Waals surface area (Å²) < 4.78 is 2.20. The van der Waals surface area contributed by atoms with Crippen molar-refractivity contribution in [3.05, 3.63) is 48.2 Å². The van der Waals surface area contributed by atoms with Crippen molar-refractivity contribution in [2.75, 3.05) is 0 Å². The van der Waals surface area contributed by atoms with E-state index in [4.69, 9.17) is 5.73 Å². The van der Waals surface area contributed by atoms with Crippen LogP contribution < -0.4 is 5.73 Å². The molecular weight excluding hydrogens is 274 g/mol. The molecule has 3 nitrogen and oxygen atoms in total. The van der Waals surface area contributed by atoms with E-state index in [9.17, 15) is 0 Å². The number of aromatic nitrogens is 2. The van der Waals surface area contributed by atoms with Crippen LogP contribution in [0.3, 0.4) is 0 Å². The summed E-state index contributed by atoms with van der Waals surface area (Å²) in [6.45, 7) is 1.97. The lowest BCUT2D eigenvalue weighted by atomic mass is 10.2. The Labute approximate surface area is 119 Å². The first-order chi connectivity index (χ1) is 9.24. The molecule has 0 fully saturated rings. The molecule has 96 valence electrons. The summed E-state index contributed by atoms with van der Waals surface area (Å²) in [4.78, 5) is 9.02. The molecule has 0 saturated heterocycles. The third-order valence-corrected chi connectivity index (χ3v) is 4.88. The summed E-state index contributed by atoms with van der Waals surface area (Å²) in [7, 11) is 0. The van der Waals surface area contributed by atoms with Gasteiger partial charge in [0.25, 0.3) is 0 Å². The standard InChI is InChI=1S/C14H13N3S2/c1-9(15)10-5-4-8-16-13(10)19-14-17-11-6-2-3-7-12(11)18-14/h2-9H,15H2,1H3/t9-/m0/s1. The van der Waals surface area contributed by atoms with E-state index in [1.165, 1.54) is 4.70 Å². The summed E-state index contributed by atoms with van der Waals surface area (Å²) in [5.74, 6) is 0. The van der Waals surface area contributed by atoms with Gasteiger partial charge in [0.15, 0.2) is 4.34 Å². The maximum Gasteiger partial charge on any atom is 0.157 e. The van der Waals surface area contributed by atoms with Gasteiger partial charge in [-0.15, -0.1) is 11.3 Å². The number of nitrogens with zero attached hydrogens (tertiary/aromatic N) is 2. The normalized spacial score (nSPS) is 12.7. The van der Waals surface area contributed by atoms with E-state index in [2.05, 4.69) is 16.0 Å². The van der Waals surface area contributed by atoms with Gasteiger partial charge in [-0.25, -0.2) is 9.97 Å². The molecule has 0 saturated carbocycles. The molecule has 0 radical (unpaired) electrons. The predicted octanol–water partition coefficient (Wildman–Crippen LogP) is 3.86. The minimum atomic E-state index is -0.0226. The van der Waals surface area contributed by atoms with Gasteiger partial charge in [0.2, 0.25) is 0 Å². The van der Waals surface area contributed by atoms with Gasteiger partial charge in [-0.3, -0.25) is 0 Å². The SMILES string of the molecule is C[C@H](N)c1cccnc1Sc1nc2ccccc2s1. The van der Waals surface area contributed by atoms with Gasteiger partial charge >= 0.3 is 0 Å². The largest absolute Gasteiger partial charge is 0.324 e. The topological polar surface area (TPSA) is 51.8 Å². The molecule has 1 atom stereocenters. The van der Waals surface area contributed by atoms with Crippen molar-refractivity contribution in [2.45, 2.75) is 22.3 Å². The first-order valence-corrected chi connectivity index (χ1v) is 7.61. The van der Waals surface area contributed by atoms with Crippen LogP contribution >= 0.6 is 23.1 Å². The number of hydrogen-bond donors (Lipinski definition) is 1. The number of thiazole rings is 1. The van der Waals surface area contributed by atoms with Crippen molar-refractivity contribution in [3.8, 4) is 0 Å². The van der Waals surface area contributed by atoms with Crippen molar-refractivity contribution < 1.29 is 0 Å². The number of benzene rings is 1. The Hall–Kier alpha value is -1.43. The number of fused-ring (bicyclic) bond motifs is 1. The average molecular weight is 287 g/mol. The van der Waals surface area contributed by atoms with Crippen LogP contribution in [-0.4, -0.2) is 9.97 Å². The summed E-state index contributed by atoms with van der Waals surface area (Å²) in [6.07, 6.45) is 1.79. The van der Waals surface area contributed by atoms with Crippen LogP contribution in [0.4, 0.5) is 0 Å². The van der Waals surface area contributed by atoms with Gasteiger partial charge in [-0.2, -0.15) is 0 Å². The molecule has 2 heterocycles. The fraction of sp³-hybridized carbons (Fsp3) is 0.143. The smallest absolute Gasteiger partial charge is 0.157 e. The molecule has 2 N–H and O–H groups in total. The zero-order valence-electron chi connectivity index (χ0n) is 10.4. The Morgan fingerprint density at radius 2 is 2.05 bits per heavy atom. The van der Waals surface area contributed by atoms with Gasteiger partial charge in [0.05, 0.1) is 10.2 Å². The molecule has 0 aliphatic rings. The lowest BCUT2D eigenvalue weighted by molar-refractivity contribution is 0.779. The van der Waals surface area contributed by atoms with Gasteiger partial charge in [-0.05, 0) is 36.9 Å². The Morgan fingerprint density at radius 3 is 2.84 bits per heavy atom. The van der Waals surface area contributed by atoms with E-state index in [1.807, 2.05) is 37.3 Å². The third-order valence-electron chi connectivity index (χ3n) is 2.75. The van der Waals surface area contributed by atoms with Crippen molar-refractivity contribution in [1.29, 1.82) is 0 Å². The Kier molecular flexibility index (Phi) is 3.50. The van der Waals surface area contributed by atoms with E-state index in [0.29, 0.717) is 0 Å². The van der Waals surface area contributed by atoms with Crippen LogP contribution in [0.2, 0.25) is 0 Å². The van der Waals surface area contributed by atoms with Crippen LogP contribution in [0, 0.1) is 0 Å². The number of rotatable bonds is 3. The van der Waals surface area contributed by atoms with Crippen LogP contribution in [0.5, 0.6) is 0 Å². The van der Waals surface area contributed by atoms with Crippen LogP contribution in [-0.2, 0) is 0 Å². The zero-order chi connectivity index (χ0) is 13.2. The third kappa shape index (κ3) is 2.63. The van der Waals surface area contributed by atoms with Crippen LogP contribution in [0.15, 0.2) is 52.0 Å². The maximum atomic E-state index is 5.97. The molecule has 0 aliphatic heterocycles. The zero-order valence-corrected chi connectivity index (χ0v) is 12.0. The highest BCUT2D eigenvalue weighted by Crippen LogP contribution is 2.35. The number of pyridine rings is 1. The van der Waals surface area contributed by atoms with E-state index in [0.717, 1.165) is 20.4 Å². The number of hydrogen-bond acceptors (Lipinski definition) is 5. The first-order valence-electron chi connectivity index (χ1n) is 5.98. The lowest BCUT2D eigenvalue weighted by Gasteiger charge is -2.09. The van der Waals surface area contributed by atoms with E-state index in [-0.39, 0.29) is 6.04 Å². The van der Waals surface area contributed by atoms with Crippen LogP contribution in [0.1, 0.15) is 18.5 Å². The van der Waals surface area contributed by atoms with Gasteiger partial charge in [0, 0.05) is 17.8 Å². The van der Waals surface area contributed by atoms with E-state index >= 15 is 0 Å². The highest BCUT2D eigenvalue weighted by molar-refractivity contribution is 8.01. The Bertz CT molecular complexity index is 673. The Morgan fingerprint density at radius 1 is 1.21 bits per heavy atom. The second-order valence-electron chi connectivity index (χ2n) is 4.24. The molecule has 3 rings (SSSR count). The summed E-state index contributed by atoms with van der Waals surface area (Å²) in [5, 5.41) is 0.941. The molecule has 0 aliphatic carbocycles.